The largest absolute Gasteiger partial charge is 0.472 e. The number of hydrogen-bond donors (Lipinski definition) is 4. The van der Waals surface area contributed by atoms with E-state index >= 15 is 0 Å². The van der Waals surface area contributed by atoms with Crippen molar-refractivity contribution in [3.05, 3.63) is 59.3 Å². The summed E-state index contributed by atoms with van der Waals surface area (Å²) < 4.78 is 50.8. The van der Waals surface area contributed by atoms with Gasteiger partial charge in [0.05, 0.1) is 43.3 Å². The van der Waals surface area contributed by atoms with E-state index in [0.29, 0.717) is 23.2 Å². The predicted molar refractivity (Wildman–Crippen MR) is 203 cm³/mol. The molecule has 1 saturated heterocycles. The Kier molecular flexibility index (Phi) is 18.8. The lowest BCUT2D eigenvalue weighted by Crippen LogP contribution is -2.33. The average Bonchev–Trinajstić information content (AvgIpc) is 3.71. The molecule has 0 aliphatic carbocycles. The zero-order valence-electron chi connectivity index (χ0n) is 31.6. The Morgan fingerprint density at radius 1 is 0.944 bits per heavy atom. The second-order valence-corrected chi connectivity index (χ2v) is 15.8. The molecule has 1 aromatic carbocycles. The molecule has 1 unspecified atom stereocenters. The Labute approximate surface area is 318 Å². The first-order valence-corrected chi connectivity index (χ1v) is 21.1. The van der Waals surface area contributed by atoms with Crippen LogP contribution >= 0.6 is 7.82 Å². The molecule has 13 nitrogen and oxygen atoms in total. The first-order chi connectivity index (χ1) is 26.1. The van der Waals surface area contributed by atoms with Gasteiger partial charge in [-0.3, -0.25) is 9.05 Å². The van der Waals surface area contributed by atoms with E-state index < -0.39 is 50.8 Å². The molecular formula is C39H59FN5O8P. The zero-order chi connectivity index (χ0) is 38.8. The van der Waals surface area contributed by atoms with Crippen LogP contribution < -0.4 is 5.73 Å². The molecule has 6 atom stereocenters. The van der Waals surface area contributed by atoms with Gasteiger partial charge in [-0.2, -0.15) is 10.4 Å². The normalized spacial score (nSPS) is 20.3. The predicted octanol–water partition coefficient (Wildman–Crippen LogP) is 7.85. The fourth-order valence-electron chi connectivity index (χ4n) is 6.85. The summed E-state index contributed by atoms with van der Waals surface area (Å²) in [6.07, 6.45) is 16.0. The molecule has 0 radical (unpaired) electrons. The number of aliphatic hydroxyl groups is 2. The third-order valence-corrected chi connectivity index (χ3v) is 10.9. The topological polar surface area (TPSA) is 195 Å². The number of aliphatic hydroxyl groups excluding tert-OH is 2. The fourth-order valence-corrected chi connectivity index (χ4v) is 7.61. The molecule has 5 N–H and O–H groups in total. The minimum Gasteiger partial charge on any atom is -0.387 e. The van der Waals surface area contributed by atoms with Crippen LogP contribution in [0.15, 0.2) is 36.7 Å². The van der Waals surface area contributed by atoms with Crippen molar-refractivity contribution in [2.45, 2.75) is 153 Å². The molecule has 15 heteroatoms. The first-order valence-electron chi connectivity index (χ1n) is 19.6. The van der Waals surface area contributed by atoms with E-state index in [-0.39, 0.29) is 24.6 Å². The van der Waals surface area contributed by atoms with Crippen molar-refractivity contribution in [2.24, 2.45) is 0 Å². The summed E-state index contributed by atoms with van der Waals surface area (Å²) >= 11 is 0. The number of phosphoric acid groups is 1. The van der Waals surface area contributed by atoms with E-state index in [1.54, 1.807) is 12.1 Å². The Bertz CT molecular complexity index is 1640. The Balaban J connectivity index is 1.19. The number of nitrogens with zero attached hydrogens (tertiary/aromatic N) is 4. The van der Waals surface area contributed by atoms with Gasteiger partial charge in [-0.15, -0.1) is 0 Å². The third kappa shape index (κ3) is 14.3. The molecule has 300 valence electrons. The molecule has 4 rings (SSSR count). The van der Waals surface area contributed by atoms with Crippen LogP contribution in [-0.4, -0.2) is 67.3 Å². The molecule has 1 fully saturated rings. The van der Waals surface area contributed by atoms with Crippen LogP contribution in [0.1, 0.15) is 139 Å². The number of rotatable bonds is 27. The number of hydrogen-bond acceptors (Lipinski definition) is 11. The summed E-state index contributed by atoms with van der Waals surface area (Å²) in [4.78, 5) is 14.5. The van der Waals surface area contributed by atoms with Crippen LogP contribution in [0, 0.1) is 17.1 Å². The van der Waals surface area contributed by atoms with E-state index in [4.69, 9.17) is 24.3 Å². The van der Waals surface area contributed by atoms with Crippen molar-refractivity contribution >= 4 is 19.2 Å². The summed E-state index contributed by atoms with van der Waals surface area (Å²) in [6.45, 7) is 1.39. The van der Waals surface area contributed by atoms with Gasteiger partial charge in [-0.25, -0.2) is 18.5 Å². The lowest BCUT2D eigenvalue weighted by molar-refractivity contribution is -0.0337. The van der Waals surface area contributed by atoms with Crippen LogP contribution in [-0.2, 0) is 29.7 Å². The van der Waals surface area contributed by atoms with Crippen LogP contribution in [0.2, 0.25) is 0 Å². The monoisotopic (exact) mass is 775 g/mol. The van der Waals surface area contributed by atoms with Gasteiger partial charge in [-0.05, 0) is 42.3 Å². The highest BCUT2D eigenvalue weighted by Gasteiger charge is 2.45. The minimum absolute atomic E-state index is 0.0255. The summed E-state index contributed by atoms with van der Waals surface area (Å²) in [7, 11) is -4.66. The number of ether oxygens (including phenoxy) is 2. The van der Waals surface area contributed by atoms with Crippen molar-refractivity contribution in [1.29, 1.82) is 5.26 Å². The first kappa shape index (κ1) is 43.7. The number of fused-ring (bicyclic) bond motifs is 1. The lowest BCUT2D eigenvalue weighted by Gasteiger charge is -2.21. The second-order valence-electron chi connectivity index (χ2n) is 14.3. The Morgan fingerprint density at radius 3 is 2.20 bits per heavy atom. The number of nitrogens with two attached hydrogens (primary N) is 1. The number of aromatic nitrogens is 3. The molecule has 3 heterocycles. The maximum atomic E-state index is 14.0. The van der Waals surface area contributed by atoms with E-state index in [0.717, 1.165) is 31.7 Å². The van der Waals surface area contributed by atoms with E-state index in [9.17, 15) is 29.3 Å². The second kappa shape index (κ2) is 23.2. The standard InChI is InChI=1S/C39H59FN5O8P/c1-2-3-4-5-6-7-8-9-10-11-12-13-14-15-16-17-18-32(50-25-30-21-29(24-41)22-31(40)23-30)26-51-54(48,49)52-27-35-36(46)37(47)38(53-35)33-19-20-34-39(42)43-28-44-45(33)34/h19-23,28,32,35-38,46-47H,2-18,25-27H2,1H3,(H,48,49)(H2,42,43,44)/t32-,35-,36-,37-,38+/m1/s1. The maximum absolute atomic E-state index is 14.0. The van der Waals surface area contributed by atoms with Crippen LogP contribution in [0.4, 0.5) is 10.2 Å². The summed E-state index contributed by atoms with van der Waals surface area (Å²) in [5, 5.41) is 34.8. The highest BCUT2D eigenvalue weighted by atomic mass is 31.2. The smallest absolute Gasteiger partial charge is 0.387 e. The van der Waals surface area contributed by atoms with E-state index in [1.807, 2.05) is 6.07 Å². The minimum atomic E-state index is -4.66. The number of phosphoric ester groups is 1. The third-order valence-electron chi connectivity index (χ3n) is 9.94. The molecule has 54 heavy (non-hydrogen) atoms. The van der Waals surface area contributed by atoms with Gasteiger partial charge in [0.2, 0.25) is 0 Å². The molecule has 3 aromatic rings. The van der Waals surface area contributed by atoms with Crippen molar-refractivity contribution in [2.75, 3.05) is 18.9 Å². The summed E-state index contributed by atoms with van der Waals surface area (Å²) in [6, 6.07) is 9.16. The van der Waals surface area contributed by atoms with E-state index in [1.165, 1.54) is 100 Å². The van der Waals surface area contributed by atoms with Crippen molar-refractivity contribution in [3.63, 3.8) is 0 Å². The number of nitriles is 1. The molecule has 2 aromatic heterocycles. The molecular weight excluding hydrogens is 716 g/mol. The zero-order valence-corrected chi connectivity index (χ0v) is 32.5. The molecule has 1 aliphatic rings. The molecule has 0 amide bonds. The highest BCUT2D eigenvalue weighted by molar-refractivity contribution is 7.47. The van der Waals surface area contributed by atoms with Crippen LogP contribution in [0.25, 0.3) is 5.52 Å². The van der Waals surface area contributed by atoms with Gasteiger partial charge < -0.3 is 30.3 Å². The SMILES string of the molecule is CCCCCCCCCCCCCCCCCC[C@H](COP(=O)(O)OC[C@H]1O[C@@H](c2ccc3c(N)ncnn23)[C@H](O)[C@@H]1O)OCc1cc(F)cc(C#N)c1. The van der Waals surface area contributed by atoms with Gasteiger partial charge in [-0.1, -0.05) is 110 Å². The van der Waals surface area contributed by atoms with Gasteiger partial charge >= 0.3 is 7.82 Å². The van der Waals surface area contributed by atoms with Gasteiger partial charge in [0.25, 0.3) is 0 Å². The number of benzene rings is 1. The van der Waals surface area contributed by atoms with Gasteiger partial charge in [0.15, 0.2) is 5.82 Å². The quantitative estimate of drug-likeness (QED) is 0.0433. The summed E-state index contributed by atoms with van der Waals surface area (Å²) in [5.74, 6) is -0.333. The highest BCUT2D eigenvalue weighted by Crippen LogP contribution is 2.45. The van der Waals surface area contributed by atoms with Gasteiger partial charge in [0.1, 0.15) is 42.1 Å². The van der Waals surface area contributed by atoms with E-state index in [2.05, 4.69) is 17.0 Å². The number of halogens is 1. The number of nitrogen functional groups attached to an aromatic ring is 1. The Hall–Kier alpha value is -2.99. The number of anilines is 1. The fraction of sp³-hybridized carbons (Fsp3) is 0.667. The van der Waals surface area contributed by atoms with Crippen LogP contribution in [0.3, 0.4) is 0 Å². The molecule has 0 bridgehead atoms. The van der Waals surface area contributed by atoms with Crippen molar-refractivity contribution < 1.29 is 42.6 Å². The maximum Gasteiger partial charge on any atom is 0.472 e. The number of unbranched alkanes of at least 4 members (excludes halogenated alkanes) is 15. The molecule has 0 saturated carbocycles. The average molecular weight is 776 g/mol. The molecule has 0 spiro atoms. The van der Waals surface area contributed by atoms with Crippen molar-refractivity contribution in [1.82, 2.24) is 14.6 Å². The molecule has 1 aliphatic heterocycles. The van der Waals surface area contributed by atoms with Crippen molar-refractivity contribution in [3.8, 4) is 6.07 Å². The van der Waals surface area contributed by atoms with Gasteiger partial charge in [0, 0.05) is 0 Å². The van der Waals surface area contributed by atoms with Crippen LogP contribution in [0.5, 0.6) is 0 Å². The summed E-state index contributed by atoms with van der Waals surface area (Å²) in [5.41, 5.74) is 7.42. The lowest BCUT2D eigenvalue weighted by atomic mass is 10.0. The Morgan fingerprint density at radius 2 is 1.57 bits per heavy atom.